The van der Waals surface area contributed by atoms with Gasteiger partial charge < -0.3 is 10.6 Å². The van der Waals surface area contributed by atoms with Gasteiger partial charge in [0, 0.05) is 28.8 Å². The van der Waals surface area contributed by atoms with Crippen molar-refractivity contribution in [3.05, 3.63) is 28.2 Å². The molecule has 1 aliphatic rings. The fourth-order valence-electron chi connectivity index (χ4n) is 3.27. The number of anilines is 1. The third-order valence-electron chi connectivity index (χ3n) is 4.27. The Hall–Kier alpha value is -0.540. The lowest BCUT2D eigenvalue weighted by Crippen LogP contribution is -2.36. The zero-order valence-electron chi connectivity index (χ0n) is 12.7. The Morgan fingerprint density at radius 2 is 2.00 bits per heavy atom. The summed E-state index contributed by atoms with van der Waals surface area (Å²) in [5.74, 6) is 0. The molecular weight excluding hydrogens is 312 g/mol. The molecule has 2 N–H and O–H groups in total. The number of halogens is 1. The first-order chi connectivity index (χ1) is 9.61. The summed E-state index contributed by atoms with van der Waals surface area (Å²) in [4.78, 5) is 2.57. The van der Waals surface area contributed by atoms with Crippen LogP contribution in [0.3, 0.4) is 0 Å². The lowest BCUT2D eigenvalue weighted by molar-refractivity contribution is 0.418. The molecule has 2 nitrogen and oxygen atoms in total. The lowest BCUT2D eigenvalue weighted by Gasteiger charge is -2.35. The zero-order chi connectivity index (χ0) is 14.5. The van der Waals surface area contributed by atoms with E-state index in [4.69, 9.17) is 5.73 Å². The van der Waals surface area contributed by atoms with Crippen LogP contribution < -0.4 is 10.6 Å². The van der Waals surface area contributed by atoms with Gasteiger partial charge in [-0.3, -0.25) is 0 Å². The van der Waals surface area contributed by atoms with Crippen LogP contribution in [0.15, 0.2) is 22.7 Å². The molecule has 20 heavy (non-hydrogen) atoms. The highest BCUT2D eigenvalue weighted by molar-refractivity contribution is 9.10. The number of hydrogen-bond acceptors (Lipinski definition) is 2. The Balaban J connectivity index is 2.15. The third kappa shape index (κ3) is 3.98. The van der Waals surface area contributed by atoms with Gasteiger partial charge in [-0.2, -0.15) is 0 Å². The molecule has 0 spiro atoms. The topological polar surface area (TPSA) is 29.3 Å². The highest BCUT2D eigenvalue weighted by Gasteiger charge is 2.20. The summed E-state index contributed by atoms with van der Waals surface area (Å²) >= 11 is 3.71. The maximum atomic E-state index is 5.90. The summed E-state index contributed by atoms with van der Waals surface area (Å²) < 4.78 is 1.20. The van der Waals surface area contributed by atoms with E-state index >= 15 is 0 Å². The maximum absolute atomic E-state index is 5.90. The molecule has 0 aromatic heterocycles. The first kappa shape index (κ1) is 15.8. The standard InChI is InChI=1S/C17H27BrN2/c1-3-20(15-7-5-4-6-8-15)16-10-9-14(11-13(2)19)17(18)12-16/h9-10,12-13,15H,3-8,11,19H2,1-2H3. The van der Waals surface area contributed by atoms with Crippen LogP contribution >= 0.6 is 15.9 Å². The van der Waals surface area contributed by atoms with Crippen LogP contribution in [0.1, 0.15) is 51.5 Å². The van der Waals surface area contributed by atoms with Crippen molar-refractivity contribution in [2.45, 2.75) is 64.5 Å². The van der Waals surface area contributed by atoms with Crippen LogP contribution in [0.25, 0.3) is 0 Å². The van der Waals surface area contributed by atoms with Gasteiger partial charge in [0.1, 0.15) is 0 Å². The van der Waals surface area contributed by atoms with E-state index in [2.05, 4.69) is 52.9 Å². The monoisotopic (exact) mass is 338 g/mol. The molecule has 0 amide bonds. The summed E-state index contributed by atoms with van der Waals surface area (Å²) in [6.45, 7) is 5.41. The fraction of sp³-hybridized carbons (Fsp3) is 0.647. The van der Waals surface area contributed by atoms with E-state index in [-0.39, 0.29) is 6.04 Å². The lowest BCUT2D eigenvalue weighted by atomic mass is 9.93. The van der Waals surface area contributed by atoms with Gasteiger partial charge in [-0.1, -0.05) is 41.3 Å². The van der Waals surface area contributed by atoms with Crippen molar-refractivity contribution in [2.75, 3.05) is 11.4 Å². The van der Waals surface area contributed by atoms with Gasteiger partial charge in [-0.25, -0.2) is 0 Å². The number of benzene rings is 1. The maximum Gasteiger partial charge on any atom is 0.0380 e. The number of hydrogen-bond donors (Lipinski definition) is 1. The van der Waals surface area contributed by atoms with Gasteiger partial charge in [0.15, 0.2) is 0 Å². The minimum absolute atomic E-state index is 0.206. The van der Waals surface area contributed by atoms with Crippen LogP contribution in [-0.2, 0) is 6.42 Å². The van der Waals surface area contributed by atoms with Crippen LogP contribution in [0.2, 0.25) is 0 Å². The highest BCUT2D eigenvalue weighted by atomic mass is 79.9. The zero-order valence-corrected chi connectivity index (χ0v) is 14.3. The number of rotatable bonds is 5. The van der Waals surface area contributed by atoms with Gasteiger partial charge in [-0.15, -0.1) is 0 Å². The fourth-order valence-corrected chi connectivity index (χ4v) is 3.80. The molecule has 112 valence electrons. The second-order valence-electron chi connectivity index (χ2n) is 6.03. The van der Waals surface area contributed by atoms with E-state index < -0.39 is 0 Å². The molecule has 1 atom stereocenters. The molecule has 2 rings (SSSR count). The van der Waals surface area contributed by atoms with Gasteiger partial charge in [0.05, 0.1) is 0 Å². The van der Waals surface area contributed by atoms with Gasteiger partial charge >= 0.3 is 0 Å². The first-order valence-corrected chi connectivity index (χ1v) is 8.71. The Kier molecular flexibility index (Phi) is 5.91. The normalized spacial score (nSPS) is 18.0. The summed E-state index contributed by atoms with van der Waals surface area (Å²) in [5, 5.41) is 0. The Labute approximate surface area is 131 Å². The Morgan fingerprint density at radius 1 is 1.30 bits per heavy atom. The predicted molar refractivity (Wildman–Crippen MR) is 91.4 cm³/mol. The van der Waals surface area contributed by atoms with Crippen LogP contribution in [0, 0.1) is 0 Å². The Bertz CT molecular complexity index is 425. The molecule has 0 bridgehead atoms. The average molecular weight is 339 g/mol. The van der Waals surface area contributed by atoms with E-state index in [9.17, 15) is 0 Å². The van der Waals surface area contributed by atoms with Crippen molar-refractivity contribution in [1.29, 1.82) is 0 Å². The summed E-state index contributed by atoms with van der Waals surface area (Å²) in [6, 6.07) is 7.70. The van der Waals surface area contributed by atoms with Crippen LogP contribution in [-0.4, -0.2) is 18.6 Å². The molecule has 0 heterocycles. The van der Waals surface area contributed by atoms with Gasteiger partial charge in [0.2, 0.25) is 0 Å². The molecular formula is C17H27BrN2. The number of nitrogens with zero attached hydrogens (tertiary/aromatic N) is 1. The second kappa shape index (κ2) is 7.46. The quantitative estimate of drug-likeness (QED) is 0.856. The molecule has 1 aromatic rings. The van der Waals surface area contributed by atoms with Crippen molar-refractivity contribution in [1.82, 2.24) is 0 Å². The molecule has 0 aliphatic heterocycles. The van der Waals surface area contributed by atoms with Crippen molar-refractivity contribution >= 4 is 21.6 Å². The molecule has 0 radical (unpaired) electrons. The minimum atomic E-state index is 0.206. The number of nitrogens with two attached hydrogens (primary N) is 1. The summed E-state index contributed by atoms with van der Waals surface area (Å²) in [5.41, 5.74) is 8.56. The average Bonchev–Trinajstić information content (AvgIpc) is 2.43. The molecule has 1 saturated carbocycles. The van der Waals surface area contributed by atoms with Gasteiger partial charge in [-0.05, 0) is 50.8 Å². The predicted octanol–water partition coefficient (Wildman–Crippen LogP) is 4.50. The molecule has 1 unspecified atom stereocenters. The van der Waals surface area contributed by atoms with Crippen LogP contribution in [0.5, 0.6) is 0 Å². The van der Waals surface area contributed by atoms with E-state index in [1.165, 1.54) is 47.8 Å². The van der Waals surface area contributed by atoms with E-state index in [0.29, 0.717) is 0 Å². The van der Waals surface area contributed by atoms with Crippen molar-refractivity contribution in [3.8, 4) is 0 Å². The summed E-state index contributed by atoms with van der Waals surface area (Å²) in [6.07, 6.45) is 7.78. The summed E-state index contributed by atoms with van der Waals surface area (Å²) in [7, 11) is 0. The van der Waals surface area contributed by atoms with Crippen LogP contribution in [0.4, 0.5) is 5.69 Å². The smallest absolute Gasteiger partial charge is 0.0380 e. The van der Waals surface area contributed by atoms with E-state index in [0.717, 1.165) is 19.0 Å². The molecule has 3 heteroatoms. The van der Waals surface area contributed by atoms with Crippen molar-refractivity contribution in [2.24, 2.45) is 5.73 Å². The van der Waals surface area contributed by atoms with E-state index in [1.807, 2.05) is 0 Å². The largest absolute Gasteiger partial charge is 0.369 e. The van der Waals surface area contributed by atoms with Crippen molar-refractivity contribution < 1.29 is 0 Å². The van der Waals surface area contributed by atoms with E-state index in [1.54, 1.807) is 0 Å². The van der Waals surface area contributed by atoms with Gasteiger partial charge in [0.25, 0.3) is 0 Å². The molecule has 1 aromatic carbocycles. The van der Waals surface area contributed by atoms with Crippen molar-refractivity contribution in [3.63, 3.8) is 0 Å². The second-order valence-corrected chi connectivity index (χ2v) is 6.89. The Morgan fingerprint density at radius 3 is 2.55 bits per heavy atom. The third-order valence-corrected chi connectivity index (χ3v) is 5.00. The molecule has 1 fully saturated rings. The SMILES string of the molecule is CCN(c1ccc(CC(C)N)c(Br)c1)C1CCCCC1. The first-order valence-electron chi connectivity index (χ1n) is 7.92. The highest BCUT2D eigenvalue weighted by Crippen LogP contribution is 2.30. The molecule has 1 aliphatic carbocycles. The molecule has 0 saturated heterocycles. The minimum Gasteiger partial charge on any atom is -0.369 e.